The number of thioether (sulfide) groups is 1. The standard InChI is InChI=1S/C13H14FNO2S/c1-6(2)7(3)18-11-5-10-8(4-9(11)14)12(16)13(17)15-10/h4-7H,1-3H3,(H,15,16,17). The second-order valence-electron chi connectivity index (χ2n) is 4.68. The Morgan fingerprint density at radius 2 is 1.89 bits per heavy atom. The Bertz CT molecular complexity index is 528. The molecule has 5 heteroatoms. The quantitative estimate of drug-likeness (QED) is 0.676. The van der Waals surface area contributed by atoms with Crippen molar-refractivity contribution in [1.82, 2.24) is 0 Å². The molecular weight excluding hydrogens is 253 g/mol. The predicted octanol–water partition coefficient (Wildman–Crippen LogP) is 3.10. The molecule has 1 aliphatic heterocycles. The predicted molar refractivity (Wildman–Crippen MR) is 69.5 cm³/mol. The minimum absolute atomic E-state index is 0.124. The fourth-order valence-corrected chi connectivity index (χ4v) is 2.60. The van der Waals surface area contributed by atoms with Crippen LogP contribution in [0.25, 0.3) is 0 Å². The number of nitrogens with one attached hydrogen (secondary N) is 1. The Kier molecular flexibility index (Phi) is 3.43. The Labute approximate surface area is 109 Å². The number of carbonyl (C=O) groups excluding carboxylic acids is 2. The summed E-state index contributed by atoms with van der Waals surface area (Å²) in [4.78, 5) is 23.1. The van der Waals surface area contributed by atoms with Gasteiger partial charge in [0, 0.05) is 10.1 Å². The molecule has 0 fully saturated rings. The third-order valence-corrected chi connectivity index (χ3v) is 4.51. The van der Waals surface area contributed by atoms with Gasteiger partial charge >= 0.3 is 0 Å². The molecule has 1 amide bonds. The van der Waals surface area contributed by atoms with E-state index >= 15 is 0 Å². The number of fused-ring (bicyclic) bond motifs is 1. The molecule has 3 nitrogen and oxygen atoms in total. The van der Waals surface area contributed by atoms with E-state index in [1.807, 2.05) is 6.92 Å². The van der Waals surface area contributed by atoms with Gasteiger partial charge in [0.25, 0.3) is 11.7 Å². The van der Waals surface area contributed by atoms with Gasteiger partial charge in [-0.2, -0.15) is 0 Å². The van der Waals surface area contributed by atoms with Gasteiger partial charge < -0.3 is 5.32 Å². The molecule has 1 aromatic carbocycles. The van der Waals surface area contributed by atoms with Gasteiger partial charge in [0.2, 0.25) is 0 Å². The summed E-state index contributed by atoms with van der Waals surface area (Å²) in [5, 5.41) is 2.70. The van der Waals surface area contributed by atoms with Crippen molar-refractivity contribution >= 4 is 29.1 Å². The maximum Gasteiger partial charge on any atom is 0.296 e. The molecule has 1 unspecified atom stereocenters. The van der Waals surface area contributed by atoms with Crippen LogP contribution in [0.15, 0.2) is 17.0 Å². The molecule has 96 valence electrons. The Morgan fingerprint density at radius 3 is 2.50 bits per heavy atom. The Morgan fingerprint density at radius 1 is 1.22 bits per heavy atom. The molecule has 1 atom stereocenters. The van der Waals surface area contributed by atoms with E-state index in [-0.39, 0.29) is 10.8 Å². The third-order valence-electron chi connectivity index (χ3n) is 3.02. The summed E-state index contributed by atoms with van der Waals surface area (Å²) in [5.74, 6) is -1.39. The minimum Gasteiger partial charge on any atom is -0.318 e. The monoisotopic (exact) mass is 267 g/mol. The molecule has 1 aromatic rings. The van der Waals surface area contributed by atoms with Gasteiger partial charge in [-0.25, -0.2) is 4.39 Å². The SMILES string of the molecule is CC(C)C(C)Sc1cc2c(cc1F)C(=O)C(=O)N2. The maximum absolute atomic E-state index is 13.9. The van der Waals surface area contributed by atoms with Crippen LogP contribution in [0.2, 0.25) is 0 Å². The third kappa shape index (κ3) is 2.27. The second-order valence-corrected chi connectivity index (χ2v) is 6.10. The molecule has 0 aromatic heterocycles. The zero-order valence-electron chi connectivity index (χ0n) is 10.4. The van der Waals surface area contributed by atoms with Crippen LogP contribution in [0.3, 0.4) is 0 Å². The molecule has 0 saturated heterocycles. The topological polar surface area (TPSA) is 46.2 Å². The fourth-order valence-electron chi connectivity index (χ4n) is 1.57. The van der Waals surface area contributed by atoms with E-state index < -0.39 is 17.5 Å². The fraction of sp³-hybridized carbons (Fsp3) is 0.385. The zero-order chi connectivity index (χ0) is 13.4. The van der Waals surface area contributed by atoms with Gasteiger partial charge in [-0.05, 0) is 18.1 Å². The normalized spacial score (nSPS) is 15.8. The Balaban J connectivity index is 2.33. The number of halogens is 1. The number of hydrogen-bond donors (Lipinski definition) is 1. The summed E-state index contributed by atoms with van der Waals surface area (Å²) in [6, 6.07) is 2.68. The highest BCUT2D eigenvalue weighted by molar-refractivity contribution is 8.00. The smallest absolute Gasteiger partial charge is 0.296 e. The Hall–Kier alpha value is -1.36. The summed E-state index contributed by atoms with van der Waals surface area (Å²) in [7, 11) is 0. The lowest BCUT2D eigenvalue weighted by molar-refractivity contribution is -0.112. The van der Waals surface area contributed by atoms with Crippen molar-refractivity contribution in [2.45, 2.75) is 30.9 Å². The van der Waals surface area contributed by atoms with E-state index in [2.05, 4.69) is 19.2 Å². The number of Topliss-reactive ketones (excluding diaryl/α,β-unsaturated/α-hetero) is 1. The van der Waals surface area contributed by atoms with Crippen molar-refractivity contribution in [2.75, 3.05) is 5.32 Å². The second kappa shape index (κ2) is 4.72. The van der Waals surface area contributed by atoms with Gasteiger partial charge in [-0.1, -0.05) is 20.8 Å². The van der Waals surface area contributed by atoms with Crippen LogP contribution >= 0.6 is 11.8 Å². The summed E-state index contributed by atoms with van der Waals surface area (Å²) >= 11 is 1.41. The molecule has 0 spiro atoms. The van der Waals surface area contributed by atoms with Crippen LogP contribution in [0.5, 0.6) is 0 Å². The van der Waals surface area contributed by atoms with Crippen molar-refractivity contribution in [2.24, 2.45) is 5.92 Å². The summed E-state index contributed by atoms with van der Waals surface area (Å²) in [5.41, 5.74) is 0.531. The molecule has 2 rings (SSSR count). The van der Waals surface area contributed by atoms with Crippen molar-refractivity contribution in [3.05, 3.63) is 23.5 Å². The van der Waals surface area contributed by atoms with Crippen LogP contribution in [0.1, 0.15) is 31.1 Å². The average molecular weight is 267 g/mol. The number of carbonyl (C=O) groups is 2. The first-order chi connectivity index (χ1) is 8.40. The van der Waals surface area contributed by atoms with Gasteiger partial charge in [0.15, 0.2) is 0 Å². The van der Waals surface area contributed by atoms with Gasteiger partial charge in [-0.15, -0.1) is 11.8 Å². The van der Waals surface area contributed by atoms with Crippen LogP contribution in [-0.4, -0.2) is 16.9 Å². The van der Waals surface area contributed by atoms with Gasteiger partial charge in [0.05, 0.1) is 11.3 Å². The molecule has 1 aliphatic rings. The van der Waals surface area contributed by atoms with Crippen molar-refractivity contribution < 1.29 is 14.0 Å². The number of benzene rings is 1. The highest BCUT2D eigenvalue weighted by Crippen LogP contribution is 2.35. The van der Waals surface area contributed by atoms with E-state index in [1.54, 1.807) is 0 Å². The van der Waals surface area contributed by atoms with Crippen molar-refractivity contribution in [1.29, 1.82) is 0 Å². The van der Waals surface area contributed by atoms with Crippen LogP contribution in [0.4, 0.5) is 10.1 Å². The summed E-state index contributed by atoms with van der Waals surface area (Å²) in [6.07, 6.45) is 0. The molecule has 0 radical (unpaired) electrons. The molecule has 18 heavy (non-hydrogen) atoms. The maximum atomic E-state index is 13.9. The first-order valence-corrected chi connectivity index (χ1v) is 6.64. The van der Waals surface area contributed by atoms with Gasteiger partial charge in [0.1, 0.15) is 5.82 Å². The van der Waals surface area contributed by atoms with Crippen LogP contribution in [-0.2, 0) is 4.79 Å². The number of hydrogen-bond acceptors (Lipinski definition) is 3. The number of anilines is 1. The number of ketones is 1. The lowest BCUT2D eigenvalue weighted by Gasteiger charge is -2.15. The van der Waals surface area contributed by atoms with Crippen molar-refractivity contribution in [3.8, 4) is 0 Å². The molecule has 0 aliphatic carbocycles. The summed E-state index contributed by atoms with van der Waals surface area (Å²) < 4.78 is 13.9. The van der Waals surface area contributed by atoms with E-state index in [1.165, 1.54) is 17.8 Å². The lowest BCUT2D eigenvalue weighted by Crippen LogP contribution is -2.12. The first kappa shape index (κ1) is 13.1. The highest BCUT2D eigenvalue weighted by Gasteiger charge is 2.29. The van der Waals surface area contributed by atoms with E-state index in [0.717, 1.165) is 6.07 Å². The first-order valence-electron chi connectivity index (χ1n) is 5.76. The summed E-state index contributed by atoms with van der Waals surface area (Å²) in [6.45, 7) is 6.15. The highest BCUT2D eigenvalue weighted by atomic mass is 32.2. The van der Waals surface area contributed by atoms with Crippen molar-refractivity contribution in [3.63, 3.8) is 0 Å². The molecular formula is C13H14FNO2S. The molecule has 0 saturated carbocycles. The number of amides is 1. The minimum atomic E-state index is -0.691. The molecule has 0 bridgehead atoms. The van der Waals surface area contributed by atoms with E-state index in [9.17, 15) is 14.0 Å². The van der Waals surface area contributed by atoms with Gasteiger partial charge in [-0.3, -0.25) is 9.59 Å². The van der Waals surface area contributed by atoms with E-state index in [0.29, 0.717) is 16.5 Å². The zero-order valence-corrected chi connectivity index (χ0v) is 11.2. The molecule has 1 N–H and O–H groups in total. The lowest BCUT2D eigenvalue weighted by atomic mass is 10.1. The number of rotatable bonds is 3. The van der Waals surface area contributed by atoms with Crippen LogP contribution in [0, 0.1) is 11.7 Å². The van der Waals surface area contributed by atoms with E-state index in [4.69, 9.17) is 0 Å². The molecule has 1 heterocycles. The average Bonchev–Trinajstić information content (AvgIpc) is 2.56. The van der Waals surface area contributed by atoms with Crippen LogP contribution < -0.4 is 5.32 Å². The largest absolute Gasteiger partial charge is 0.318 e.